The molecule has 4 N–H and O–H groups in total. The summed E-state index contributed by atoms with van der Waals surface area (Å²) < 4.78 is 0. The lowest BCUT2D eigenvalue weighted by Gasteiger charge is -2.10. The van der Waals surface area contributed by atoms with E-state index in [1.54, 1.807) is 24.5 Å². The molecule has 0 aromatic carbocycles. The Kier molecular flexibility index (Phi) is 4.41. The second kappa shape index (κ2) is 5.82. The lowest BCUT2D eigenvalue weighted by atomic mass is 10.1. The van der Waals surface area contributed by atoms with Gasteiger partial charge in [0.2, 0.25) is 5.91 Å². The topological polar surface area (TPSA) is 105 Å². The summed E-state index contributed by atoms with van der Waals surface area (Å²) in [5, 5.41) is 11.0. The Hall–Kier alpha value is -1.95. The van der Waals surface area contributed by atoms with Crippen LogP contribution in [0.1, 0.15) is 12.8 Å². The van der Waals surface area contributed by atoms with Gasteiger partial charge >= 0.3 is 5.97 Å². The molecule has 1 aromatic heterocycles. The molecule has 0 spiro atoms. The van der Waals surface area contributed by atoms with E-state index in [1.165, 1.54) is 0 Å². The van der Waals surface area contributed by atoms with E-state index in [2.05, 4.69) is 10.3 Å². The summed E-state index contributed by atoms with van der Waals surface area (Å²) in [6.45, 7) is 0. The quantitative estimate of drug-likeness (QED) is 0.661. The van der Waals surface area contributed by atoms with Crippen LogP contribution < -0.4 is 11.1 Å². The van der Waals surface area contributed by atoms with Crippen molar-refractivity contribution in [1.82, 2.24) is 4.98 Å². The predicted molar refractivity (Wildman–Crippen MR) is 57.7 cm³/mol. The SMILES string of the molecule is NC(CCC(=O)O)C(=O)Nc1ccncc1. The second-order valence-corrected chi connectivity index (χ2v) is 3.26. The molecule has 1 unspecified atom stereocenters. The van der Waals surface area contributed by atoms with Crippen molar-refractivity contribution >= 4 is 17.6 Å². The van der Waals surface area contributed by atoms with Gasteiger partial charge < -0.3 is 16.2 Å². The van der Waals surface area contributed by atoms with Gasteiger partial charge in [-0.3, -0.25) is 14.6 Å². The van der Waals surface area contributed by atoms with Gasteiger partial charge in [0.25, 0.3) is 0 Å². The summed E-state index contributed by atoms with van der Waals surface area (Å²) in [6, 6.07) is 2.44. The van der Waals surface area contributed by atoms with Crippen molar-refractivity contribution < 1.29 is 14.7 Å². The standard InChI is InChI=1S/C10H13N3O3/c11-8(1-2-9(14)15)10(16)13-7-3-5-12-6-4-7/h3-6,8H,1-2,11H2,(H,14,15)(H,12,13,16). The molecule has 0 aliphatic rings. The maximum atomic E-state index is 11.5. The number of amides is 1. The largest absolute Gasteiger partial charge is 0.481 e. The number of aliphatic carboxylic acids is 1. The first kappa shape index (κ1) is 12.1. The molecule has 1 aromatic rings. The van der Waals surface area contributed by atoms with E-state index in [0.717, 1.165) is 0 Å². The van der Waals surface area contributed by atoms with Crippen molar-refractivity contribution in [2.24, 2.45) is 5.73 Å². The Labute approximate surface area is 92.5 Å². The lowest BCUT2D eigenvalue weighted by Crippen LogP contribution is -2.36. The lowest BCUT2D eigenvalue weighted by molar-refractivity contribution is -0.137. The molecular formula is C10H13N3O3. The minimum absolute atomic E-state index is 0.117. The van der Waals surface area contributed by atoms with Crippen molar-refractivity contribution in [2.45, 2.75) is 18.9 Å². The van der Waals surface area contributed by atoms with E-state index in [-0.39, 0.29) is 12.8 Å². The highest BCUT2D eigenvalue weighted by Crippen LogP contribution is 2.05. The molecule has 1 atom stereocenters. The fourth-order valence-corrected chi connectivity index (χ4v) is 1.08. The van der Waals surface area contributed by atoms with E-state index in [1.807, 2.05) is 0 Å². The molecule has 16 heavy (non-hydrogen) atoms. The first-order valence-electron chi connectivity index (χ1n) is 4.78. The number of carbonyl (C=O) groups is 2. The number of rotatable bonds is 5. The normalized spacial score (nSPS) is 11.8. The number of anilines is 1. The summed E-state index contributed by atoms with van der Waals surface area (Å²) in [5.74, 6) is -1.36. The fraction of sp³-hybridized carbons (Fsp3) is 0.300. The van der Waals surface area contributed by atoms with Crippen LogP contribution in [-0.4, -0.2) is 28.0 Å². The van der Waals surface area contributed by atoms with Crippen LogP contribution in [0, 0.1) is 0 Å². The number of nitrogens with two attached hydrogens (primary N) is 1. The summed E-state index contributed by atoms with van der Waals surface area (Å²) >= 11 is 0. The monoisotopic (exact) mass is 223 g/mol. The van der Waals surface area contributed by atoms with Gasteiger partial charge in [-0.2, -0.15) is 0 Å². The van der Waals surface area contributed by atoms with Gasteiger partial charge in [-0.15, -0.1) is 0 Å². The average Bonchev–Trinajstić information content (AvgIpc) is 2.27. The molecule has 1 amide bonds. The van der Waals surface area contributed by atoms with Crippen LogP contribution >= 0.6 is 0 Å². The van der Waals surface area contributed by atoms with Crippen LogP contribution in [0.15, 0.2) is 24.5 Å². The molecule has 0 fully saturated rings. The van der Waals surface area contributed by atoms with Crippen molar-refractivity contribution in [3.05, 3.63) is 24.5 Å². The van der Waals surface area contributed by atoms with Gasteiger partial charge in [-0.1, -0.05) is 0 Å². The summed E-state index contributed by atoms with van der Waals surface area (Å²) in [4.78, 5) is 25.6. The van der Waals surface area contributed by atoms with Gasteiger partial charge in [0.15, 0.2) is 0 Å². The summed E-state index contributed by atoms with van der Waals surface area (Å²) in [5.41, 5.74) is 6.11. The summed E-state index contributed by atoms with van der Waals surface area (Å²) in [7, 11) is 0. The zero-order valence-corrected chi connectivity index (χ0v) is 8.59. The van der Waals surface area contributed by atoms with Crippen LogP contribution in [0.3, 0.4) is 0 Å². The minimum Gasteiger partial charge on any atom is -0.481 e. The number of hydrogen-bond acceptors (Lipinski definition) is 4. The molecule has 6 nitrogen and oxygen atoms in total. The van der Waals surface area contributed by atoms with Crippen LogP contribution in [0.5, 0.6) is 0 Å². The van der Waals surface area contributed by atoms with Crippen LogP contribution in [-0.2, 0) is 9.59 Å². The maximum absolute atomic E-state index is 11.5. The third-order valence-corrected chi connectivity index (χ3v) is 1.95. The Bertz CT molecular complexity index is 367. The van der Waals surface area contributed by atoms with Crippen molar-refractivity contribution in [1.29, 1.82) is 0 Å². The first-order valence-corrected chi connectivity index (χ1v) is 4.78. The zero-order valence-electron chi connectivity index (χ0n) is 8.59. The molecule has 0 radical (unpaired) electrons. The van der Waals surface area contributed by atoms with Gasteiger partial charge in [-0.25, -0.2) is 0 Å². The highest BCUT2D eigenvalue weighted by Gasteiger charge is 2.14. The van der Waals surface area contributed by atoms with E-state index in [9.17, 15) is 9.59 Å². The molecular weight excluding hydrogens is 210 g/mol. The first-order chi connectivity index (χ1) is 7.59. The van der Waals surface area contributed by atoms with Crippen molar-refractivity contribution in [3.63, 3.8) is 0 Å². The van der Waals surface area contributed by atoms with Gasteiger partial charge in [0, 0.05) is 24.5 Å². The summed E-state index contributed by atoms with van der Waals surface area (Å²) in [6.07, 6.45) is 3.08. The number of carbonyl (C=O) groups excluding carboxylic acids is 1. The second-order valence-electron chi connectivity index (χ2n) is 3.26. The highest BCUT2D eigenvalue weighted by molar-refractivity contribution is 5.94. The van der Waals surface area contributed by atoms with Gasteiger partial charge in [-0.05, 0) is 18.6 Å². The fourth-order valence-electron chi connectivity index (χ4n) is 1.08. The molecule has 0 saturated heterocycles. The van der Waals surface area contributed by atoms with Crippen LogP contribution in [0.2, 0.25) is 0 Å². The molecule has 0 aliphatic heterocycles. The molecule has 0 saturated carbocycles. The third kappa shape index (κ3) is 4.05. The van der Waals surface area contributed by atoms with E-state index in [4.69, 9.17) is 10.8 Å². The zero-order chi connectivity index (χ0) is 12.0. The highest BCUT2D eigenvalue weighted by atomic mass is 16.4. The molecule has 0 aliphatic carbocycles. The number of nitrogens with one attached hydrogen (secondary N) is 1. The number of pyridine rings is 1. The molecule has 86 valence electrons. The van der Waals surface area contributed by atoms with Crippen molar-refractivity contribution in [3.8, 4) is 0 Å². The van der Waals surface area contributed by atoms with E-state index in [0.29, 0.717) is 5.69 Å². The Morgan fingerprint density at radius 2 is 2.06 bits per heavy atom. The number of nitrogens with zero attached hydrogens (tertiary/aromatic N) is 1. The smallest absolute Gasteiger partial charge is 0.303 e. The number of hydrogen-bond donors (Lipinski definition) is 3. The van der Waals surface area contributed by atoms with Gasteiger partial charge in [0.05, 0.1) is 6.04 Å². The molecule has 6 heteroatoms. The number of carboxylic acids is 1. The third-order valence-electron chi connectivity index (χ3n) is 1.95. The van der Waals surface area contributed by atoms with E-state index < -0.39 is 17.9 Å². The van der Waals surface area contributed by atoms with E-state index >= 15 is 0 Å². The van der Waals surface area contributed by atoms with Crippen LogP contribution in [0.25, 0.3) is 0 Å². The maximum Gasteiger partial charge on any atom is 0.303 e. The average molecular weight is 223 g/mol. The molecule has 1 rings (SSSR count). The van der Waals surface area contributed by atoms with Crippen molar-refractivity contribution in [2.75, 3.05) is 5.32 Å². The molecule has 1 heterocycles. The van der Waals surface area contributed by atoms with Crippen LogP contribution in [0.4, 0.5) is 5.69 Å². The minimum atomic E-state index is -0.966. The number of aromatic nitrogens is 1. The van der Waals surface area contributed by atoms with Gasteiger partial charge in [0.1, 0.15) is 0 Å². The Morgan fingerprint density at radius 3 is 2.62 bits per heavy atom. The predicted octanol–water partition coefficient (Wildman–Crippen LogP) is 0.212. The Morgan fingerprint density at radius 1 is 1.44 bits per heavy atom. The Balaban J connectivity index is 2.43. The number of carboxylic acid groups (broad SMARTS) is 1. The molecule has 0 bridgehead atoms.